The van der Waals surface area contributed by atoms with Crippen molar-refractivity contribution in [3.8, 4) is 0 Å². The molecule has 0 fully saturated rings. The maximum atomic E-state index is 9.80. The van der Waals surface area contributed by atoms with E-state index in [0.717, 1.165) is 0 Å². The fourth-order valence-electron chi connectivity index (χ4n) is 0.886. The summed E-state index contributed by atoms with van der Waals surface area (Å²) in [6.45, 7) is 1.37. The van der Waals surface area contributed by atoms with Crippen molar-refractivity contribution in [1.82, 2.24) is 0 Å². The van der Waals surface area contributed by atoms with Crippen molar-refractivity contribution in [2.75, 3.05) is 0 Å². The third-order valence-corrected chi connectivity index (χ3v) is 1.43. The van der Waals surface area contributed by atoms with Gasteiger partial charge in [-0.25, -0.2) is 4.79 Å². The molecule has 0 spiro atoms. The summed E-state index contributed by atoms with van der Waals surface area (Å²) in [5, 5.41) is 3.43. The zero-order chi connectivity index (χ0) is 9.52. The van der Waals surface area contributed by atoms with E-state index in [2.05, 4.69) is 14.8 Å². The van der Waals surface area contributed by atoms with Crippen LogP contribution in [0.5, 0.6) is 0 Å². The van der Waals surface area contributed by atoms with Crippen LogP contribution in [0.25, 0.3) is 10.4 Å². The predicted octanol–water partition coefficient (Wildman–Crippen LogP) is 2.21. The second kappa shape index (κ2) is 4.79. The molecule has 0 amide bonds. The number of benzene rings is 1. The fraction of sp³-hybridized carbons (Fsp3) is 0.125. The van der Waals surface area contributed by atoms with Crippen LogP contribution in [-0.4, -0.2) is 6.47 Å². The molecule has 0 heterocycles. The van der Waals surface area contributed by atoms with Crippen molar-refractivity contribution in [2.45, 2.75) is 6.61 Å². The first kappa shape index (κ1) is 9.09. The molecule has 1 radical (unpaired) electrons. The highest BCUT2D eigenvalue weighted by Crippen LogP contribution is 2.19. The zero-order valence-electron chi connectivity index (χ0n) is 6.67. The summed E-state index contributed by atoms with van der Waals surface area (Å²) in [5.74, 6) is 0. The van der Waals surface area contributed by atoms with Crippen LogP contribution in [0.4, 0.5) is 5.69 Å². The Hall–Kier alpha value is -2.00. The molecule has 13 heavy (non-hydrogen) atoms. The lowest BCUT2D eigenvalue weighted by Gasteiger charge is -2.01. The van der Waals surface area contributed by atoms with E-state index in [4.69, 9.17) is 5.53 Å². The van der Waals surface area contributed by atoms with Crippen LogP contribution >= 0.6 is 0 Å². The maximum absolute atomic E-state index is 9.80. The summed E-state index contributed by atoms with van der Waals surface area (Å²) in [7, 11) is 0. The topological polar surface area (TPSA) is 75.1 Å². The Morgan fingerprint density at radius 2 is 2.31 bits per heavy atom. The van der Waals surface area contributed by atoms with E-state index in [9.17, 15) is 4.79 Å². The molecule has 0 aliphatic rings. The molecule has 0 aliphatic carbocycles. The van der Waals surface area contributed by atoms with E-state index in [-0.39, 0.29) is 6.61 Å². The third-order valence-electron chi connectivity index (χ3n) is 1.43. The minimum absolute atomic E-state index is 0.0681. The normalized spacial score (nSPS) is 8.62. The number of ether oxygens (including phenoxy) is 1. The lowest BCUT2D eigenvalue weighted by molar-refractivity contribution is 0.267. The van der Waals surface area contributed by atoms with Crippen LogP contribution in [-0.2, 0) is 16.1 Å². The molecule has 0 N–H and O–H groups in total. The number of nitrogens with zero attached hydrogens (tertiary/aromatic N) is 3. The molecule has 0 bridgehead atoms. The Morgan fingerprint density at radius 1 is 1.54 bits per heavy atom. The molecule has 1 aromatic carbocycles. The Bertz CT molecular complexity index is 345. The molecule has 0 unspecified atom stereocenters. The fourth-order valence-corrected chi connectivity index (χ4v) is 0.886. The second-order valence-electron chi connectivity index (χ2n) is 2.19. The molecule has 1 aromatic rings. The first-order chi connectivity index (χ1) is 6.38. The van der Waals surface area contributed by atoms with Crippen molar-refractivity contribution in [3.63, 3.8) is 0 Å². The first-order valence-electron chi connectivity index (χ1n) is 3.50. The van der Waals surface area contributed by atoms with Crippen LogP contribution in [0.1, 0.15) is 5.56 Å². The van der Waals surface area contributed by atoms with Crippen LogP contribution in [0.2, 0.25) is 0 Å². The van der Waals surface area contributed by atoms with Gasteiger partial charge in [0.1, 0.15) is 6.61 Å². The molecule has 0 aromatic heterocycles. The number of rotatable bonds is 4. The van der Waals surface area contributed by atoms with E-state index < -0.39 is 0 Å². The molecule has 0 saturated heterocycles. The van der Waals surface area contributed by atoms with Crippen LogP contribution in [0.15, 0.2) is 29.4 Å². The Morgan fingerprint density at radius 3 is 3.00 bits per heavy atom. The SMILES string of the molecule is [N-]=[N+]=Nc1ccccc1CO[C]=O. The van der Waals surface area contributed by atoms with Gasteiger partial charge in [0.15, 0.2) is 0 Å². The summed E-state index contributed by atoms with van der Waals surface area (Å²) in [6, 6.07) is 6.85. The quantitative estimate of drug-likeness (QED) is 0.400. The van der Waals surface area contributed by atoms with Gasteiger partial charge in [0.25, 0.3) is 0 Å². The van der Waals surface area contributed by atoms with Crippen molar-refractivity contribution in [2.24, 2.45) is 5.11 Å². The van der Waals surface area contributed by atoms with Crippen LogP contribution in [0.3, 0.4) is 0 Å². The highest BCUT2D eigenvalue weighted by atomic mass is 16.5. The molecule has 5 nitrogen and oxygen atoms in total. The second-order valence-corrected chi connectivity index (χ2v) is 2.19. The number of carbonyl (C=O) groups excluding carboxylic acids is 1. The van der Waals surface area contributed by atoms with Gasteiger partial charge in [-0.2, -0.15) is 0 Å². The van der Waals surface area contributed by atoms with Crippen LogP contribution < -0.4 is 0 Å². The van der Waals surface area contributed by atoms with Gasteiger partial charge in [-0.05, 0) is 11.1 Å². The molecule has 0 saturated carbocycles. The predicted molar refractivity (Wildman–Crippen MR) is 45.7 cm³/mol. The monoisotopic (exact) mass is 176 g/mol. The lowest BCUT2D eigenvalue weighted by Crippen LogP contribution is -1.89. The van der Waals surface area contributed by atoms with Gasteiger partial charge < -0.3 is 4.74 Å². The molecule has 5 heteroatoms. The van der Waals surface area contributed by atoms with Crippen LogP contribution in [0, 0.1) is 0 Å². The average Bonchev–Trinajstić information content (AvgIpc) is 2.17. The number of hydrogen-bond donors (Lipinski definition) is 0. The summed E-state index contributed by atoms with van der Waals surface area (Å²) in [4.78, 5) is 12.4. The van der Waals surface area contributed by atoms with Gasteiger partial charge in [0, 0.05) is 10.6 Å². The summed E-state index contributed by atoms with van der Waals surface area (Å²) in [6.07, 6.45) is 0. The highest BCUT2D eigenvalue weighted by molar-refractivity contribution is 5.46. The van der Waals surface area contributed by atoms with E-state index in [1.165, 1.54) is 6.47 Å². The van der Waals surface area contributed by atoms with Gasteiger partial charge in [-0.15, -0.1) is 0 Å². The lowest BCUT2D eigenvalue weighted by atomic mass is 10.2. The minimum Gasteiger partial charge on any atom is -0.452 e. The smallest absolute Gasteiger partial charge is 0.417 e. The molecular formula is C8H6N3O2. The van der Waals surface area contributed by atoms with Gasteiger partial charge in [-0.3, -0.25) is 0 Å². The summed E-state index contributed by atoms with van der Waals surface area (Å²) in [5.41, 5.74) is 9.32. The van der Waals surface area contributed by atoms with Crippen molar-refractivity contribution in [1.29, 1.82) is 0 Å². The van der Waals surface area contributed by atoms with Gasteiger partial charge in [-0.1, -0.05) is 29.4 Å². The van der Waals surface area contributed by atoms with E-state index in [1.54, 1.807) is 24.3 Å². The van der Waals surface area contributed by atoms with E-state index in [0.29, 0.717) is 11.3 Å². The number of azide groups is 1. The Balaban J connectivity index is 2.90. The number of hydrogen-bond acceptors (Lipinski definition) is 3. The maximum Gasteiger partial charge on any atom is 0.417 e. The zero-order valence-corrected chi connectivity index (χ0v) is 6.67. The van der Waals surface area contributed by atoms with E-state index >= 15 is 0 Å². The molecular weight excluding hydrogens is 170 g/mol. The molecule has 0 atom stereocenters. The minimum atomic E-state index is 0.0681. The molecule has 1 rings (SSSR count). The van der Waals surface area contributed by atoms with Gasteiger partial charge in [0.2, 0.25) is 0 Å². The van der Waals surface area contributed by atoms with Crippen molar-refractivity contribution >= 4 is 12.2 Å². The Kier molecular flexibility index (Phi) is 3.35. The summed E-state index contributed by atoms with van der Waals surface area (Å²) >= 11 is 0. The first-order valence-corrected chi connectivity index (χ1v) is 3.50. The van der Waals surface area contributed by atoms with Gasteiger partial charge in [0.05, 0.1) is 0 Å². The van der Waals surface area contributed by atoms with E-state index in [1.807, 2.05) is 0 Å². The summed E-state index contributed by atoms with van der Waals surface area (Å²) < 4.78 is 4.42. The van der Waals surface area contributed by atoms with Gasteiger partial charge >= 0.3 is 6.47 Å². The average molecular weight is 176 g/mol. The Labute approximate surface area is 74.6 Å². The van der Waals surface area contributed by atoms with Crippen molar-refractivity contribution < 1.29 is 9.53 Å². The van der Waals surface area contributed by atoms with Crippen molar-refractivity contribution in [3.05, 3.63) is 40.3 Å². The standard InChI is InChI=1S/C8H6N3O2/c9-11-10-8-4-2-1-3-7(8)5-13-6-12/h1-4H,5H2. The molecule has 65 valence electrons. The third kappa shape index (κ3) is 2.50. The largest absolute Gasteiger partial charge is 0.452 e. The highest BCUT2D eigenvalue weighted by Gasteiger charge is 1.98. The molecule has 0 aliphatic heterocycles.